The minimum atomic E-state index is -4.50. The zero-order chi connectivity index (χ0) is 15.2. The van der Waals surface area contributed by atoms with Gasteiger partial charge in [-0.05, 0) is 42.8 Å². The fraction of sp³-hybridized carbons (Fsp3) is 0.385. The van der Waals surface area contributed by atoms with Gasteiger partial charge < -0.3 is 9.53 Å². The van der Waals surface area contributed by atoms with Crippen LogP contribution in [-0.2, 0) is 16.0 Å². The molecule has 0 aliphatic rings. The number of rotatable bonds is 6. The number of halogens is 3. The van der Waals surface area contributed by atoms with Crippen LogP contribution in [0.5, 0.6) is 0 Å². The second-order valence-corrected chi connectivity index (χ2v) is 4.91. The summed E-state index contributed by atoms with van der Waals surface area (Å²) >= 11 is -0.360. The lowest BCUT2D eigenvalue weighted by molar-refractivity contribution is -0.107. The summed E-state index contributed by atoms with van der Waals surface area (Å²) in [6.45, 7) is 1.66. The third-order valence-corrected chi connectivity index (χ3v) is 3.11. The number of benzene rings is 1. The average Bonchev–Trinajstić information content (AvgIpc) is 2.34. The molecule has 0 unspecified atom stereocenters. The molecule has 110 valence electrons. The standard InChI is InChI=1S/C13H13F3O3S/c1-2-19-12(18)10-6-5-9(4-3-7-17)8-11(10)20-13(14,15)16/h5-8H,2-4H2,1H3. The fourth-order valence-electron chi connectivity index (χ4n) is 1.53. The highest BCUT2D eigenvalue weighted by Gasteiger charge is 2.31. The maximum atomic E-state index is 12.5. The van der Waals surface area contributed by atoms with Crippen molar-refractivity contribution in [3.8, 4) is 0 Å². The zero-order valence-corrected chi connectivity index (χ0v) is 11.5. The molecular formula is C13H13F3O3S. The van der Waals surface area contributed by atoms with E-state index in [4.69, 9.17) is 4.74 Å². The number of esters is 1. The first-order valence-corrected chi connectivity index (χ1v) is 6.68. The van der Waals surface area contributed by atoms with Gasteiger partial charge in [0.15, 0.2) is 0 Å². The number of thioether (sulfide) groups is 1. The molecule has 0 fully saturated rings. The Morgan fingerprint density at radius 1 is 1.40 bits per heavy atom. The maximum absolute atomic E-state index is 12.5. The number of hydrogen-bond acceptors (Lipinski definition) is 4. The van der Waals surface area contributed by atoms with Crippen molar-refractivity contribution < 1.29 is 27.5 Å². The molecule has 0 aliphatic heterocycles. The number of hydrogen-bond donors (Lipinski definition) is 0. The molecule has 0 aliphatic carbocycles. The van der Waals surface area contributed by atoms with Crippen LogP contribution in [0.4, 0.5) is 13.2 Å². The van der Waals surface area contributed by atoms with Gasteiger partial charge in [0.1, 0.15) is 6.29 Å². The number of aldehydes is 1. The number of ether oxygens (including phenoxy) is 1. The van der Waals surface area contributed by atoms with E-state index >= 15 is 0 Å². The van der Waals surface area contributed by atoms with E-state index in [1.54, 1.807) is 6.92 Å². The second kappa shape index (κ2) is 7.33. The van der Waals surface area contributed by atoms with E-state index < -0.39 is 11.5 Å². The summed E-state index contributed by atoms with van der Waals surface area (Å²) in [5.41, 5.74) is -4.05. The average molecular weight is 306 g/mol. The van der Waals surface area contributed by atoms with E-state index in [9.17, 15) is 22.8 Å². The van der Waals surface area contributed by atoms with Crippen molar-refractivity contribution in [1.82, 2.24) is 0 Å². The van der Waals surface area contributed by atoms with E-state index in [0.29, 0.717) is 18.3 Å². The van der Waals surface area contributed by atoms with Crippen LogP contribution >= 0.6 is 11.8 Å². The van der Waals surface area contributed by atoms with E-state index in [2.05, 4.69) is 0 Å². The van der Waals surface area contributed by atoms with Crippen LogP contribution in [0.3, 0.4) is 0 Å². The number of carbonyl (C=O) groups is 2. The predicted molar refractivity (Wildman–Crippen MR) is 68.7 cm³/mol. The van der Waals surface area contributed by atoms with E-state index in [1.165, 1.54) is 18.2 Å². The molecule has 0 spiro atoms. The van der Waals surface area contributed by atoms with Crippen LogP contribution in [0, 0.1) is 0 Å². The molecule has 0 amide bonds. The monoisotopic (exact) mass is 306 g/mol. The third-order valence-electron chi connectivity index (χ3n) is 2.32. The number of carbonyl (C=O) groups excluding carboxylic acids is 2. The smallest absolute Gasteiger partial charge is 0.446 e. The molecule has 0 N–H and O–H groups in total. The lowest BCUT2D eigenvalue weighted by atomic mass is 10.1. The second-order valence-electron chi connectivity index (χ2n) is 3.80. The Morgan fingerprint density at radius 2 is 2.10 bits per heavy atom. The van der Waals surface area contributed by atoms with Crippen LogP contribution in [-0.4, -0.2) is 24.4 Å². The van der Waals surface area contributed by atoms with Gasteiger partial charge in [-0.2, -0.15) is 13.2 Å². The molecule has 0 saturated carbocycles. The Hall–Kier alpha value is -1.50. The Labute approximate surface area is 118 Å². The van der Waals surface area contributed by atoms with Gasteiger partial charge in [0, 0.05) is 11.3 Å². The van der Waals surface area contributed by atoms with Gasteiger partial charge in [-0.3, -0.25) is 0 Å². The van der Waals surface area contributed by atoms with Gasteiger partial charge in [-0.1, -0.05) is 6.07 Å². The molecular weight excluding hydrogens is 293 g/mol. The number of aryl methyl sites for hydroxylation is 1. The van der Waals surface area contributed by atoms with Gasteiger partial charge in [-0.25, -0.2) is 4.79 Å². The summed E-state index contributed by atoms with van der Waals surface area (Å²) in [5.74, 6) is -0.791. The van der Waals surface area contributed by atoms with Crippen LogP contribution in [0.15, 0.2) is 23.1 Å². The molecule has 1 rings (SSSR count). The summed E-state index contributed by atoms with van der Waals surface area (Å²) in [7, 11) is 0. The molecule has 3 nitrogen and oxygen atoms in total. The van der Waals surface area contributed by atoms with Gasteiger partial charge >= 0.3 is 11.5 Å². The fourth-order valence-corrected chi connectivity index (χ4v) is 2.26. The lowest BCUT2D eigenvalue weighted by Crippen LogP contribution is -2.09. The minimum Gasteiger partial charge on any atom is -0.462 e. The Balaban J connectivity index is 3.08. The first kappa shape index (κ1) is 16.6. The maximum Gasteiger partial charge on any atom is 0.446 e. The van der Waals surface area contributed by atoms with Crippen molar-refractivity contribution in [1.29, 1.82) is 0 Å². The summed E-state index contributed by atoms with van der Waals surface area (Å²) in [6, 6.07) is 4.09. The first-order valence-electron chi connectivity index (χ1n) is 5.86. The quantitative estimate of drug-likeness (QED) is 0.457. The zero-order valence-electron chi connectivity index (χ0n) is 10.7. The highest BCUT2D eigenvalue weighted by atomic mass is 32.2. The lowest BCUT2D eigenvalue weighted by Gasteiger charge is -2.12. The molecule has 0 heterocycles. The van der Waals surface area contributed by atoms with Crippen molar-refractivity contribution in [2.24, 2.45) is 0 Å². The molecule has 0 atom stereocenters. The molecule has 1 aromatic carbocycles. The van der Waals surface area contributed by atoms with Gasteiger partial charge in [-0.15, -0.1) is 0 Å². The SMILES string of the molecule is CCOC(=O)c1ccc(CCC=O)cc1SC(F)(F)F. The number of alkyl halides is 3. The van der Waals surface area contributed by atoms with Crippen LogP contribution in [0.1, 0.15) is 29.3 Å². The van der Waals surface area contributed by atoms with E-state index in [1.807, 2.05) is 0 Å². The Bertz CT molecular complexity index is 486. The summed E-state index contributed by atoms with van der Waals surface area (Å²) in [6.07, 6.45) is 1.24. The summed E-state index contributed by atoms with van der Waals surface area (Å²) < 4.78 is 42.3. The van der Waals surface area contributed by atoms with Gasteiger partial charge in [0.05, 0.1) is 12.2 Å². The highest BCUT2D eigenvalue weighted by Crippen LogP contribution is 2.39. The van der Waals surface area contributed by atoms with Crippen LogP contribution in [0.25, 0.3) is 0 Å². The summed E-state index contributed by atoms with van der Waals surface area (Å²) in [5, 5.41) is 0. The molecule has 0 radical (unpaired) electrons. The predicted octanol–water partition coefficient (Wildman–Crippen LogP) is 3.61. The first-order chi connectivity index (χ1) is 9.37. The van der Waals surface area contributed by atoms with Crippen molar-refractivity contribution in [2.45, 2.75) is 30.2 Å². The molecule has 0 aromatic heterocycles. The van der Waals surface area contributed by atoms with Crippen molar-refractivity contribution >= 4 is 24.0 Å². The Kier molecular flexibility index (Phi) is 6.06. The molecule has 1 aromatic rings. The normalized spacial score (nSPS) is 11.2. The van der Waals surface area contributed by atoms with Crippen molar-refractivity contribution in [3.63, 3.8) is 0 Å². The third kappa shape index (κ3) is 5.24. The van der Waals surface area contributed by atoms with E-state index in [-0.39, 0.29) is 35.2 Å². The highest BCUT2D eigenvalue weighted by molar-refractivity contribution is 8.00. The van der Waals surface area contributed by atoms with Crippen molar-refractivity contribution in [3.05, 3.63) is 29.3 Å². The van der Waals surface area contributed by atoms with E-state index in [0.717, 1.165) is 0 Å². The molecule has 20 heavy (non-hydrogen) atoms. The summed E-state index contributed by atoms with van der Waals surface area (Å²) in [4.78, 5) is 21.7. The van der Waals surface area contributed by atoms with Crippen LogP contribution < -0.4 is 0 Å². The van der Waals surface area contributed by atoms with Crippen molar-refractivity contribution in [2.75, 3.05) is 6.61 Å². The van der Waals surface area contributed by atoms with Gasteiger partial charge in [0.25, 0.3) is 0 Å². The molecule has 0 saturated heterocycles. The molecule has 7 heteroatoms. The molecule has 0 bridgehead atoms. The largest absolute Gasteiger partial charge is 0.462 e. The Morgan fingerprint density at radius 3 is 2.65 bits per heavy atom. The topological polar surface area (TPSA) is 43.4 Å². The van der Waals surface area contributed by atoms with Gasteiger partial charge in [0.2, 0.25) is 0 Å². The van der Waals surface area contributed by atoms with Crippen LogP contribution in [0.2, 0.25) is 0 Å². The minimum absolute atomic E-state index is 0.0852.